The van der Waals surface area contributed by atoms with E-state index in [-0.39, 0.29) is 5.91 Å². The lowest BCUT2D eigenvalue weighted by Crippen LogP contribution is -2.14. The van der Waals surface area contributed by atoms with Gasteiger partial charge in [-0.3, -0.25) is 9.59 Å². The number of nitrogens with zero attached hydrogens (tertiary/aromatic N) is 1. The number of anilines is 2. The molecule has 4 nitrogen and oxygen atoms in total. The molecule has 2 aromatic carbocycles. The molecule has 0 saturated heterocycles. The van der Waals surface area contributed by atoms with Gasteiger partial charge in [0, 0.05) is 36.6 Å². The minimum atomic E-state index is -0.197. The van der Waals surface area contributed by atoms with Gasteiger partial charge in [-0.15, -0.1) is 0 Å². The summed E-state index contributed by atoms with van der Waals surface area (Å²) >= 11 is 0. The maximum absolute atomic E-state index is 12.2. The Kier molecular flexibility index (Phi) is 4.15. The molecule has 0 unspecified atom stereocenters. The van der Waals surface area contributed by atoms with E-state index in [9.17, 15) is 9.59 Å². The van der Waals surface area contributed by atoms with Gasteiger partial charge in [0.1, 0.15) is 6.29 Å². The van der Waals surface area contributed by atoms with Gasteiger partial charge in [0.05, 0.1) is 0 Å². The molecular formula is C16H16N2O2. The summed E-state index contributed by atoms with van der Waals surface area (Å²) in [7, 11) is 3.84. The molecule has 0 aliphatic rings. The first kappa shape index (κ1) is 13.8. The summed E-state index contributed by atoms with van der Waals surface area (Å²) in [5, 5.41) is 2.78. The molecule has 1 amide bonds. The normalized spacial score (nSPS) is 9.90. The average Bonchev–Trinajstić information content (AvgIpc) is 2.47. The van der Waals surface area contributed by atoms with Crippen molar-refractivity contribution in [2.45, 2.75) is 0 Å². The van der Waals surface area contributed by atoms with E-state index in [1.54, 1.807) is 30.3 Å². The predicted octanol–water partition coefficient (Wildman–Crippen LogP) is 2.82. The van der Waals surface area contributed by atoms with Gasteiger partial charge in [-0.25, -0.2) is 0 Å². The second kappa shape index (κ2) is 6.02. The highest BCUT2D eigenvalue weighted by molar-refractivity contribution is 6.05. The second-order valence-electron chi connectivity index (χ2n) is 4.64. The van der Waals surface area contributed by atoms with Gasteiger partial charge in [0.15, 0.2) is 0 Å². The maximum atomic E-state index is 12.2. The fraction of sp³-hybridized carbons (Fsp3) is 0.125. The molecule has 0 saturated carbocycles. The molecule has 0 atom stereocenters. The van der Waals surface area contributed by atoms with Crippen LogP contribution in [0, 0.1) is 0 Å². The van der Waals surface area contributed by atoms with E-state index in [0.29, 0.717) is 16.8 Å². The van der Waals surface area contributed by atoms with Gasteiger partial charge in [0.25, 0.3) is 5.91 Å². The van der Waals surface area contributed by atoms with Gasteiger partial charge in [-0.2, -0.15) is 0 Å². The summed E-state index contributed by atoms with van der Waals surface area (Å²) in [5.41, 5.74) is 2.67. The maximum Gasteiger partial charge on any atom is 0.255 e. The Labute approximate surface area is 118 Å². The highest BCUT2D eigenvalue weighted by Gasteiger charge is 2.07. The van der Waals surface area contributed by atoms with Crippen LogP contribution in [0.15, 0.2) is 48.5 Å². The van der Waals surface area contributed by atoms with Crippen LogP contribution < -0.4 is 10.2 Å². The number of nitrogens with one attached hydrogen (secondary N) is 1. The minimum Gasteiger partial charge on any atom is -0.378 e. The molecule has 0 heterocycles. The van der Waals surface area contributed by atoms with Crippen LogP contribution in [0.3, 0.4) is 0 Å². The molecule has 0 aromatic heterocycles. The van der Waals surface area contributed by atoms with Crippen molar-refractivity contribution in [1.82, 2.24) is 0 Å². The second-order valence-corrected chi connectivity index (χ2v) is 4.64. The van der Waals surface area contributed by atoms with Crippen LogP contribution in [0.2, 0.25) is 0 Å². The van der Waals surface area contributed by atoms with E-state index in [1.165, 1.54) is 0 Å². The van der Waals surface area contributed by atoms with Gasteiger partial charge >= 0.3 is 0 Å². The molecule has 1 N–H and O–H groups in total. The fourth-order valence-corrected chi connectivity index (χ4v) is 1.82. The van der Waals surface area contributed by atoms with E-state index in [1.807, 2.05) is 37.2 Å². The summed E-state index contributed by atoms with van der Waals surface area (Å²) in [6.07, 6.45) is 0.752. The summed E-state index contributed by atoms with van der Waals surface area (Å²) in [4.78, 5) is 24.8. The number of rotatable bonds is 4. The molecule has 0 spiro atoms. The molecule has 0 bridgehead atoms. The van der Waals surface area contributed by atoms with Gasteiger partial charge < -0.3 is 10.2 Å². The van der Waals surface area contributed by atoms with Crippen molar-refractivity contribution in [3.8, 4) is 0 Å². The zero-order valence-electron chi connectivity index (χ0n) is 11.5. The molecular weight excluding hydrogens is 252 g/mol. The highest BCUT2D eigenvalue weighted by atomic mass is 16.1. The van der Waals surface area contributed by atoms with Crippen LogP contribution in [0.5, 0.6) is 0 Å². The minimum absolute atomic E-state index is 0.197. The smallest absolute Gasteiger partial charge is 0.255 e. The standard InChI is InChI=1S/C16H16N2O2/c1-18(2)15-8-4-6-13(10-15)16(20)17-14-7-3-5-12(9-14)11-19/h3-11H,1-2H3,(H,17,20). The van der Waals surface area contributed by atoms with Crippen LogP contribution in [0.4, 0.5) is 11.4 Å². The van der Waals surface area contributed by atoms with Crippen molar-refractivity contribution < 1.29 is 9.59 Å². The lowest BCUT2D eigenvalue weighted by Gasteiger charge is -2.13. The Bertz CT molecular complexity index is 636. The average molecular weight is 268 g/mol. The summed E-state index contributed by atoms with van der Waals surface area (Å²) < 4.78 is 0. The summed E-state index contributed by atoms with van der Waals surface area (Å²) in [5.74, 6) is -0.197. The van der Waals surface area contributed by atoms with Crippen molar-refractivity contribution in [1.29, 1.82) is 0 Å². The first-order valence-corrected chi connectivity index (χ1v) is 6.24. The van der Waals surface area contributed by atoms with Gasteiger partial charge in [0.2, 0.25) is 0 Å². The number of carbonyl (C=O) groups is 2. The molecule has 2 rings (SSSR count). The van der Waals surface area contributed by atoms with E-state index in [0.717, 1.165) is 12.0 Å². The topological polar surface area (TPSA) is 49.4 Å². The quantitative estimate of drug-likeness (QED) is 0.867. The van der Waals surface area contributed by atoms with Crippen molar-refractivity contribution in [2.75, 3.05) is 24.3 Å². The zero-order valence-corrected chi connectivity index (χ0v) is 11.5. The zero-order chi connectivity index (χ0) is 14.5. The van der Waals surface area contributed by atoms with E-state index in [4.69, 9.17) is 0 Å². The third-order valence-corrected chi connectivity index (χ3v) is 2.91. The van der Waals surface area contributed by atoms with Crippen LogP contribution >= 0.6 is 0 Å². The summed E-state index contributed by atoms with van der Waals surface area (Å²) in [6, 6.07) is 14.2. The number of aldehydes is 1. The van der Waals surface area contributed by atoms with Crippen LogP contribution in [-0.4, -0.2) is 26.3 Å². The Hall–Kier alpha value is -2.62. The lowest BCUT2D eigenvalue weighted by atomic mass is 10.1. The van der Waals surface area contributed by atoms with Crippen molar-refractivity contribution >= 4 is 23.6 Å². The fourth-order valence-electron chi connectivity index (χ4n) is 1.82. The highest BCUT2D eigenvalue weighted by Crippen LogP contribution is 2.16. The number of carbonyl (C=O) groups excluding carboxylic acids is 2. The van der Waals surface area contributed by atoms with Crippen molar-refractivity contribution in [3.05, 3.63) is 59.7 Å². The number of hydrogen-bond acceptors (Lipinski definition) is 3. The van der Waals surface area contributed by atoms with Crippen molar-refractivity contribution in [3.63, 3.8) is 0 Å². The molecule has 0 aliphatic carbocycles. The molecule has 4 heteroatoms. The largest absolute Gasteiger partial charge is 0.378 e. The first-order valence-electron chi connectivity index (χ1n) is 6.24. The first-order chi connectivity index (χ1) is 9.60. The third kappa shape index (κ3) is 3.23. The van der Waals surface area contributed by atoms with E-state index < -0.39 is 0 Å². The third-order valence-electron chi connectivity index (χ3n) is 2.91. The Morgan fingerprint density at radius 3 is 2.55 bits per heavy atom. The Balaban J connectivity index is 2.19. The molecule has 20 heavy (non-hydrogen) atoms. The molecule has 0 aliphatic heterocycles. The summed E-state index contributed by atoms with van der Waals surface area (Å²) in [6.45, 7) is 0. The van der Waals surface area contributed by atoms with Crippen molar-refractivity contribution in [2.24, 2.45) is 0 Å². The number of hydrogen-bond donors (Lipinski definition) is 1. The Morgan fingerprint density at radius 1 is 1.10 bits per heavy atom. The monoisotopic (exact) mass is 268 g/mol. The predicted molar refractivity (Wildman–Crippen MR) is 80.6 cm³/mol. The Morgan fingerprint density at radius 2 is 1.85 bits per heavy atom. The molecule has 2 aromatic rings. The number of amides is 1. The van der Waals surface area contributed by atoms with E-state index in [2.05, 4.69) is 5.32 Å². The molecule has 102 valence electrons. The van der Waals surface area contributed by atoms with Gasteiger partial charge in [-0.05, 0) is 30.3 Å². The van der Waals surface area contributed by atoms with Crippen LogP contribution in [-0.2, 0) is 0 Å². The van der Waals surface area contributed by atoms with E-state index >= 15 is 0 Å². The lowest BCUT2D eigenvalue weighted by molar-refractivity contribution is 0.102. The van der Waals surface area contributed by atoms with Crippen LogP contribution in [0.25, 0.3) is 0 Å². The molecule has 0 fully saturated rings. The number of benzene rings is 2. The van der Waals surface area contributed by atoms with Crippen LogP contribution in [0.1, 0.15) is 20.7 Å². The SMILES string of the molecule is CN(C)c1cccc(C(=O)Nc2cccc(C=O)c2)c1. The molecule has 0 radical (unpaired) electrons. The van der Waals surface area contributed by atoms with Gasteiger partial charge in [-0.1, -0.05) is 18.2 Å².